The van der Waals surface area contributed by atoms with Crippen LogP contribution in [-0.2, 0) is 42.7 Å². The molecule has 76 heavy (non-hydrogen) atoms. The Labute approximate surface area is 449 Å². The summed E-state index contributed by atoms with van der Waals surface area (Å²) < 4.78 is 57.8. The van der Waals surface area contributed by atoms with E-state index in [1.54, 1.807) is 45.1 Å². The number of fused-ring (bicyclic) bond motifs is 4. The largest absolute Gasteiger partial charge is 0.467 e. The fourth-order valence-corrected chi connectivity index (χ4v) is 9.14. The van der Waals surface area contributed by atoms with E-state index in [0.29, 0.717) is 46.6 Å². The molecule has 0 aromatic heterocycles. The first kappa shape index (κ1) is 60.6. The Morgan fingerprint density at radius 2 is 1.00 bits per heavy atom. The first-order valence-electron chi connectivity index (χ1n) is 25.1. The second-order valence-corrected chi connectivity index (χ2v) is 19.7. The number of rotatable bonds is 8. The highest BCUT2D eigenvalue weighted by Crippen LogP contribution is 2.39. The van der Waals surface area contributed by atoms with Gasteiger partial charge in [0.2, 0.25) is 0 Å². The van der Waals surface area contributed by atoms with E-state index in [-0.39, 0.29) is 52.2 Å². The van der Waals surface area contributed by atoms with Gasteiger partial charge in [0.05, 0.1) is 12.2 Å². The van der Waals surface area contributed by atoms with Crippen molar-refractivity contribution in [3.8, 4) is 33.8 Å². The van der Waals surface area contributed by atoms with E-state index in [2.05, 4.69) is 0 Å². The molecule has 1 N–H and O–H groups in total. The monoisotopic (exact) mass is 1050 g/mol. The lowest BCUT2D eigenvalue weighted by Gasteiger charge is -2.23. The van der Waals surface area contributed by atoms with Crippen LogP contribution in [0.5, 0.6) is 11.5 Å². The smallest absolute Gasteiger partial charge is 0.342 e. The molecule has 0 bridgehead atoms. The van der Waals surface area contributed by atoms with Gasteiger partial charge in [-0.05, 0) is 94.8 Å². The normalized spacial score (nSPS) is 26.8. The van der Waals surface area contributed by atoms with Crippen molar-refractivity contribution in [3.63, 3.8) is 0 Å². The van der Waals surface area contributed by atoms with E-state index >= 15 is 0 Å². The molecule has 4 heterocycles. The molecule has 1 unspecified atom stereocenters. The molecule has 2 fully saturated rings. The van der Waals surface area contributed by atoms with Crippen molar-refractivity contribution < 1.29 is 66.9 Å². The predicted octanol–water partition coefficient (Wildman–Crippen LogP) is 12.2. The number of hydrogen-bond donors (Lipinski definition) is 1. The van der Waals surface area contributed by atoms with Gasteiger partial charge in [-0.2, -0.15) is 0 Å². The first-order valence-corrected chi connectivity index (χ1v) is 25.1. The fraction of sp³-hybridized carbons (Fsp3) is 0.435. The first-order chi connectivity index (χ1) is 35.4. The minimum Gasteiger partial charge on any atom is -0.467 e. The van der Waals surface area contributed by atoms with Gasteiger partial charge in [0.15, 0.2) is 30.9 Å². The van der Waals surface area contributed by atoms with E-state index in [9.17, 15) is 19.5 Å². The summed E-state index contributed by atoms with van der Waals surface area (Å²) in [5.41, 5.74) is 5.57. The van der Waals surface area contributed by atoms with Crippen molar-refractivity contribution in [3.05, 3.63) is 144 Å². The Hall–Kier alpha value is -6.23. The highest BCUT2D eigenvalue weighted by molar-refractivity contribution is 6.01. The number of esters is 2. The number of aliphatic hydroxyl groups excluding tert-OH is 1. The molecular formula is C62H78O14. The summed E-state index contributed by atoms with van der Waals surface area (Å²) in [5.74, 6) is -2.52. The van der Waals surface area contributed by atoms with Crippen LogP contribution in [0.1, 0.15) is 115 Å². The summed E-state index contributed by atoms with van der Waals surface area (Å²) >= 11 is 0. The van der Waals surface area contributed by atoms with Crippen molar-refractivity contribution in [2.75, 3.05) is 27.8 Å². The Kier molecular flexibility index (Phi) is 21.7. The highest BCUT2D eigenvalue weighted by Gasteiger charge is 2.45. The van der Waals surface area contributed by atoms with E-state index in [0.717, 1.165) is 22.3 Å². The standard InChI is InChI=1S/C30H36O7.C30H34O7.2CH4/c2*1-19-14-16-24(31)28-26(36-30(3,4)37-28)13-9-12-23-22(21-10-7-6-8-11-21)15-17-25(34-18-33-5)27(23)29(32)35-20(19)2;;/h6-12,14-17,19-20,24,26,28,31H,13,18H2,1-5H3;6-12,14-17,19-20,26,28H,13,18H2,1-5H3;2*1H4/b2*12-9?,16-14-;;/t19-,20+,24?,26+,28-;19-,20+,26+,28-;;/m11../s1. The number of ether oxygens (including phenoxy) is 10. The quantitative estimate of drug-likeness (QED) is 0.101. The second-order valence-electron chi connectivity index (χ2n) is 19.7. The number of cyclic esters (lactones) is 2. The molecule has 0 aliphatic carbocycles. The maximum Gasteiger partial charge on any atom is 0.342 e. The molecule has 0 saturated carbocycles. The molecule has 0 spiro atoms. The molecule has 4 aromatic rings. The Balaban J connectivity index is 0.000000274. The second kappa shape index (κ2) is 27.2. The third-order valence-corrected chi connectivity index (χ3v) is 13.2. The molecule has 2 saturated heterocycles. The molecule has 9 atom stereocenters. The third kappa shape index (κ3) is 15.0. The molecule has 0 radical (unpaired) electrons. The van der Waals surface area contributed by atoms with Crippen LogP contribution in [0.15, 0.2) is 121 Å². The summed E-state index contributed by atoms with van der Waals surface area (Å²) in [6.07, 6.45) is 11.3. The molecule has 4 aliphatic heterocycles. The van der Waals surface area contributed by atoms with Gasteiger partial charge in [-0.25, -0.2) is 9.59 Å². The van der Waals surface area contributed by atoms with Crippen molar-refractivity contribution in [1.82, 2.24) is 0 Å². The van der Waals surface area contributed by atoms with Crippen LogP contribution < -0.4 is 9.47 Å². The molecule has 14 nitrogen and oxygen atoms in total. The Morgan fingerprint density at radius 3 is 1.49 bits per heavy atom. The average Bonchev–Trinajstić information content (AvgIpc) is 3.88. The third-order valence-electron chi connectivity index (χ3n) is 13.2. The summed E-state index contributed by atoms with van der Waals surface area (Å²) in [6, 6.07) is 27.0. The summed E-state index contributed by atoms with van der Waals surface area (Å²) in [7, 11) is 3.05. The lowest BCUT2D eigenvalue weighted by atomic mass is 9.93. The number of hydrogen-bond acceptors (Lipinski definition) is 14. The van der Waals surface area contributed by atoms with Gasteiger partial charge in [-0.3, -0.25) is 4.79 Å². The molecule has 0 amide bonds. The fourth-order valence-electron chi connectivity index (χ4n) is 9.14. The van der Waals surface area contributed by atoms with E-state index in [1.807, 2.05) is 138 Å². The SMILES string of the molecule is C.C.COCOc1ccc(-c2ccccc2)c2c1C(=O)O[C@@H](C)[C@H](C)/C=C\C(=O)[C@H]1OC(C)(C)O[C@H]1CC=C2.COCOc1ccc(-c2ccccc2)c2c1C(=O)O[C@@H](C)[C@H](C)/C=C\C(O)[C@H]1OC(C)(C)O[C@H]1CC=C2. The molecular weight excluding hydrogens is 969 g/mol. The Bertz CT molecular complexity index is 2690. The summed E-state index contributed by atoms with van der Waals surface area (Å²) in [4.78, 5) is 40.3. The Morgan fingerprint density at radius 1 is 0.553 bits per heavy atom. The van der Waals surface area contributed by atoms with Crippen LogP contribution in [0.4, 0.5) is 0 Å². The summed E-state index contributed by atoms with van der Waals surface area (Å²) in [5, 5.41) is 10.9. The van der Waals surface area contributed by atoms with Crippen LogP contribution in [0, 0.1) is 11.8 Å². The highest BCUT2D eigenvalue weighted by atomic mass is 16.8. The van der Waals surface area contributed by atoms with E-state index in [1.165, 1.54) is 20.3 Å². The van der Waals surface area contributed by atoms with Crippen molar-refractivity contribution in [1.29, 1.82) is 0 Å². The van der Waals surface area contributed by atoms with Gasteiger partial charge in [0.1, 0.15) is 53.1 Å². The van der Waals surface area contributed by atoms with Crippen molar-refractivity contribution >= 4 is 29.9 Å². The lowest BCUT2D eigenvalue weighted by Crippen LogP contribution is -2.34. The van der Waals surface area contributed by atoms with E-state index < -0.39 is 60.1 Å². The van der Waals surface area contributed by atoms with Gasteiger partial charge < -0.3 is 52.5 Å². The molecule has 4 aromatic carbocycles. The average molecular weight is 1050 g/mol. The van der Waals surface area contributed by atoms with Gasteiger partial charge in [0.25, 0.3) is 0 Å². The van der Waals surface area contributed by atoms with Crippen molar-refractivity contribution in [2.24, 2.45) is 11.8 Å². The van der Waals surface area contributed by atoms with Gasteiger partial charge in [0, 0.05) is 37.2 Å². The topological polar surface area (TPSA) is 164 Å². The number of aliphatic hydroxyl groups is 1. The summed E-state index contributed by atoms with van der Waals surface area (Å²) in [6.45, 7) is 14.7. The number of carbonyl (C=O) groups excluding carboxylic acids is 3. The number of carbonyl (C=O) groups is 3. The van der Waals surface area contributed by atoms with Crippen LogP contribution in [-0.4, -0.2) is 105 Å². The molecule has 8 rings (SSSR count). The van der Waals surface area contributed by atoms with Crippen LogP contribution in [0.3, 0.4) is 0 Å². The number of ketones is 1. The van der Waals surface area contributed by atoms with Crippen LogP contribution >= 0.6 is 0 Å². The van der Waals surface area contributed by atoms with Crippen LogP contribution in [0.25, 0.3) is 34.4 Å². The van der Waals surface area contributed by atoms with Crippen LogP contribution in [0.2, 0.25) is 0 Å². The zero-order chi connectivity index (χ0) is 53.2. The zero-order valence-electron chi connectivity index (χ0n) is 44.0. The molecule has 410 valence electrons. The minimum absolute atomic E-state index is 0. The maximum atomic E-state index is 13.6. The molecule has 4 aliphatic rings. The van der Waals surface area contributed by atoms with Crippen molar-refractivity contribution in [2.45, 2.75) is 137 Å². The van der Waals surface area contributed by atoms with Gasteiger partial charge in [-0.15, -0.1) is 0 Å². The van der Waals surface area contributed by atoms with E-state index in [4.69, 9.17) is 47.4 Å². The predicted molar refractivity (Wildman–Crippen MR) is 295 cm³/mol. The number of benzene rings is 4. The minimum atomic E-state index is -0.882. The molecule has 14 heteroatoms. The van der Waals surface area contributed by atoms with Gasteiger partial charge >= 0.3 is 11.9 Å². The van der Waals surface area contributed by atoms with Gasteiger partial charge in [-0.1, -0.05) is 144 Å². The lowest BCUT2D eigenvalue weighted by molar-refractivity contribution is -0.152. The maximum absolute atomic E-state index is 13.6. The zero-order valence-corrected chi connectivity index (χ0v) is 44.0. The number of methoxy groups -OCH3 is 2.